The van der Waals surface area contributed by atoms with Crippen LogP contribution in [-0.4, -0.2) is 53.3 Å². The molecule has 2 amide bonds. The van der Waals surface area contributed by atoms with Crippen molar-refractivity contribution in [1.82, 2.24) is 10.2 Å². The Morgan fingerprint density at radius 3 is 2.15 bits per heavy atom. The molecular formula is C14H22N2O4. The molecule has 3 aliphatic rings. The first kappa shape index (κ1) is 13.7. The highest BCUT2D eigenvalue weighted by atomic mass is 16.5. The summed E-state index contributed by atoms with van der Waals surface area (Å²) in [6, 6.07) is 0.591. The van der Waals surface area contributed by atoms with Crippen molar-refractivity contribution in [2.24, 2.45) is 5.92 Å². The van der Waals surface area contributed by atoms with Crippen LogP contribution in [0.15, 0.2) is 0 Å². The molecule has 112 valence electrons. The average Bonchev–Trinajstić information content (AvgIpc) is 2.69. The number of nitrogens with zero attached hydrogens (tertiary/aromatic N) is 1. The van der Waals surface area contributed by atoms with Crippen LogP contribution in [0.2, 0.25) is 0 Å². The lowest BCUT2D eigenvalue weighted by Gasteiger charge is -2.36. The van der Waals surface area contributed by atoms with Gasteiger partial charge in [0.2, 0.25) is 0 Å². The van der Waals surface area contributed by atoms with Gasteiger partial charge >= 0.3 is 12.0 Å². The smallest absolute Gasteiger partial charge is 0.318 e. The summed E-state index contributed by atoms with van der Waals surface area (Å²) in [5.41, 5.74) is 0. The molecule has 2 atom stereocenters. The van der Waals surface area contributed by atoms with Crippen LogP contribution in [0.4, 0.5) is 4.79 Å². The molecule has 3 rings (SSSR count). The lowest BCUT2D eigenvalue weighted by atomic mass is 9.86. The zero-order valence-corrected chi connectivity index (χ0v) is 11.6. The Kier molecular flexibility index (Phi) is 3.83. The summed E-state index contributed by atoms with van der Waals surface area (Å²) in [6.07, 6.45) is 4.92. The Hall–Kier alpha value is -1.30. The van der Waals surface area contributed by atoms with E-state index in [1.54, 1.807) is 0 Å². The fourth-order valence-corrected chi connectivity index (χ4v) is 3.69. The summed E-state index contributed by atoms with van der Waals surface area (Å²) >= 11 is 0. The van der Waals surface area contributed by atoms with E-state index in [1.165, 1.54) is 0 Å². The van der Waals surface area contributed by atoms with Gasteiger partial charge in [0.25, 0.3) is 0 Å². The molecule has 2 bridgehead atoms. The summed E-state index contributed by atoms with van der Waals surface area (Å²) in [7, 11) is 0. The Labute approximate surface area is 118 Å². The zero-order valence-electron chi connectivity index (χ0n) is 11.6. The summed E-state index contributed by atoms with van der Waals surface area (Å²) < 4.78 is 5.48. The third-order valence-corrected chi connectivity index (χ3v) is 4.88. The molecule has 2 heterocycles. The van der Waals surface area contributed by atoms with Gasteiger partial charge in [-0.05, 0) is 38.5 Å². The first-order chi connectivity index (χ1) is 9.65. The van der Waals surface area contributed by atoms with Crippen molar-refractivity contribution in [3.05, 3.63) is 0 Å². The Balaban J connectivity index is 1.51. The van der Waals surface area contributed by atoms with E-state index in [2.05, 4.69) is 5.32 Å². The van der Waals surface area contributed by atoms with Crippen molar-refractivity contribution in [2.45, 2.75) is 56.7 Å². The standard InChI is InChI=1S/C14H22N2O4/c17-13(18)9-1-3-10(4-2-9)15-14(19)16-11-5-6-12(16)8-20-7-11/h9-12H,1-8H2,(H,15,19)(H,17,18). The summed E-state index contributed by atoms with van der Waals surface area (Å²) in [6.45, 7) is 1.30. The molecule has 2 aliphatic heterocycles. The van der Waals surface area contributed by atoms with Crippen LogP contribution in [0.5, 0.6) is 0 Å². The fraction of sp³-hybridized carbons (Fsp3) is 0.857. The van der Waals surface area contributed by atoms with Crippen LogP contribution in [0.1, 0.15) is 38.5 Å². The van der Waals surface area contributed by atoms with E-state index in [9.17, 15) is 9.59 Å². The average molecular weight is 282 g/mol. The van der Waals surface area contributed by atoms with Gasteiger partial charge in [0.05, 0.1) is 31.2 Å². The van der Waals surface area contributed by atoms with Gasteiger partial charge < -0.3 is 20.1 Å². The molecule has 20 heavy (non-hydrogen) atoms. The monoisotopic (exact) mass is 282 g/mol. The van der Waals surface area contributed by atoms with Crippen LogP contribution < -0.4 is 5.32 Å². The van der Waals surface area contributed by atoms with E-state index in [1.807, 2.05) is 4.90 Å². The highest BCUT2D eigenvalue weighted by Crippen LogP contribution is 2.30. The van der Waals surface area contributed by atoms with Crippen molar-refractivity contribution in [1.29, 1.82) is 0 Å². The lowest BCUT2D eigenvalue weighted by Crippen LogP contribution is -2.55. The number of fused-ring (bicyclic) bond motifs is 2. The third kappa shape index (κ3) is 2.61. The maximum absolute atomic E-state index is 12.4. The second-order valence-corrected chi connectivity index (χ2v) is 6.17. The molecule has 6 heteroatoms. The number of carboxylic acids is 1. The van der Waals surface area contributed by atoms with Crippen LogP contribution in [0.3, 0.4) is 0 Å². The molecule has 1 aliphatic carbocycles. The van der Waals surface area contributed by atoms with Gasteiger partial charge in [0, 0.05) is 6.04 Å². The minimum atomic E-state index is -0.707. The normalized spacial score (nSPS) is 36.7. The minimum absolute atomic E-state index is 0.0135. The maximum atomic E-state index is 12.4. The van der Waals surface area contributed by atoms with Crippen LogP contribution in [-0.2, 0) is 9.53 Å². The topological polar surface area (TPSA) is 78.9 Å². The van der Waals surface area contributed by atoms with E-state index < -0.39 is 5.97 Å². The predicted molar refractivity (Wildman–Crippen MR) is 71.4 cm³/mol. The number of amides is 2. The van der Waals surface area contributed by atoms with Crippen molar-refractivity contribution in [3.63, 3.8) is 0 Å². The molecule has 2 unspecified atom stereocenters. The summed E-state index contributed by atoms with van der Waals surface area (Å²) in [4.78, 5) is 25.3. The molecule has 2 saturated heterocycles. The molecule has 6 nitrogen and oxygen atoms in total. The SMILES string of the molecule is O=C(O)C1CCC(NC(=O)N2C3CCC2COC3)CC1. The van der Waals surface area contributed by atoms with Gasteiger partial charge in [0.1, 0.15) is 0 Å². The summed E-state index contributed by atoms with van der Waals surface area (Å²) in [5.74, 6) is -0.941. The highest BCUT2D eigenvalue weighted by molar-refractivity contribution is 5.76. The number of carboxylic acid groups (broad SMARTS) is 1. The molecule has 2 N–H and O–H groups in total. The van der Waals surface area contributed by atoms with Crippen molar-refractivity contribution >= 4 is 12.0 Å². The third-order valence-electron chi connectivity index (χ3n) is 4.88. The van der Waals surface area contributed by atoms with Crippen LogP contribution >= 0.6 is 0 Å². The number of morpholine rings is 1. The van der Waals surface area contributed by atoms with Crippen molar-refractivity contribution < 1.29 is 19.4 Å². The first-order valence-corrected chi connectivity index (χ1v) is 7.54. The van der Waals surface area contributed by atoms with Gasteiger partial charge in [-0.2, -0.15) is 0 Å². The Morgan fingerprint density at radius 2 is 1.60 bits per heavy atom. The number of carbonyl (C=O) groups is 2. The fourth-order valence-electron chi connectivity index (χ4n) is 3.69. The number of aliphatic carboxylic acids is 1. The van der Waals surface area contributed by atoms with Gasteiger partial charge in [-0.1, -0.05) is 0 Å². The van der Waals surface area contributed by atoms with E-state index in [-0.39, 0.29) is 30.1 Å². The molecule has 0 spiro atoms. The quantitative estimate of drug-likeness (QED) is 0.797. The molecule has 0 aromatic heterocycles. The first-order valence-electron chi connectivity index (χ1n) is 7.54. The van der Waals surface area contributed by atoms with Gasteiger partial charge in [-0.25, -0.2) is 4.79 Å². The predicted octanol–water partition coefficient (Wildman–Crippen LogP) is 1.20. The number of urea groups is 1. The van der Waals surface area contributed by atoms with Crippen LogP contribution in [0, 0.1) is 5.92 Å². The van der Waals surface area contributed by atoms with Crippen molar-refractivity contribution in [2.75, 3.05) is 13.2 Å². The molecule has 1 saturated carbocycles. The van der Waals surface area contributed by atoms with Crippen molar-refractivity contribution in [3.8, 4) is 0 Å². The van der Waals surface area contributed by atoms with E-state index in [4.69, 9.17) is 9.84 Å². The van der Waals surface area contributed by atoms with Gasteiger partial charge in [0.15, 0.2) is 0 Å². The maximum Gasteiger partial charge on any atom is 0.318 e. The van der Waals surface area contributed by atoms with E-state index >= 15 is 0 Å². The molecule has 3 fully saturated rings. The number of nitrogens with one attached hydrogen (secondary N) is 1. The van der Waals surface area contributed by atoms with E-state index in [0.717, 1.165) is 25.7 Å². The van der Waals surface area contributed by atoms with E-state index in [0.29, 0.717) is 26.1 Å². The number of hydrogen-bond acceptors (Lipinski definition) is 3. The molecular weight excluding hydrogens is 260 g/mol. The zero-order chi connectivity index (χ0) is 14.1. The highest BCUT2D eigenvalue weighted by Gasteiger charge is 2.41. The van der Waals surface area contributed by atoms with Gasteiger partial charge in [-0.15, -0.1) is 0 Å². The second-order valence-electron chi connectivity index (χ2n) is 6.17. The Morgan fingerprint density at radius 1 is 1.00 bits per heavy atom. The lowest BCUT2D eigenvalue weighted by molar-refractivity contribution is -0.142. The second kappa shape index (κ2) is 5.60. The van der Waals surface area contributed by atoms with Gasteiger partial charge in [-0.3, -0.25) is 4.79 Å². The Bertz CT molecular complexity index is 377. The van der Waals surface area contributed by atoms with Crippen LogP contribution in [0.25, 0.3) is 0 Å². The summed E-state index contributed by atoms with van der Waals surface area (Å²) in [5, 5.41) is 12.1. The molecule has 0 aromatic carbocycles. The molecule has 0 aromatic rings. The molecule has 0 radical (unpaired) electrons. The number of carbonyl (C=O) groups excluding carboxylic acids is 1. The largest absolute Gasteiger partial charge is 0.481 e. The number of hydrogen-bond donors (Lipinski definition) is 2. The minimum Gasteiger partial charge on any atom is -0.481 e. The number of rotatable bonds is 2. The number of ether oxygens (including phenoxy) is 1.